The van der Waals surface area contributed by atoms with Crippen LogP contribution in [0.2, 0.25) is 0 Å². The molecule has 0 aliphatic heterocycles. The summed E-state index contributed by atoms with van der Waals surface area (Å²) in [6.07, 6.45) is 0. The van der Waals surface area contributed by atoms with Crippen LogP contribution < -0.4 is 20.9 Å². The van der Waals surface area contributed by atoms with Gasteiger partial charge in [-0.15, -0.1) is 0 Å². The maximum atomic E-state index is 10.9. The molecule has 1 rings (SSSR count). The number of methoxy groups -OCH3 is 1. The maximum absolute atomic E-state index is 10.9. The number of esters is 1. The van der Waals surface area contributed by atoms with E-state index in [9.17, 15) is 4.79 Å². The quantitative estimate of drug-likeness (QED) is 0.577. The van der Waals surface area contributed by atoms with Crippen LogP contribution in [-0.2, 0) is 4.79 Å². The molecule has 1 atom stereocenters. The molecule has 0 aliphatic rings. The van der Waals surface area contributed by atoms with E-state index in [4.69, 9.17) is 20.9 Å². The molecule has 0 saturated heterocycles. The van der Waals surface area contributed by atoms with E-state index in [0.717, 1.165) is 5.56 Å². The summed E-state index contributed by atoms with van der Waals surface area (Å²) >= 11 is 0. The van der Waals surface area contributed by atoms with Gasteiger partial charge in [0.1, 0.15) is 0 Å². The Hall–Kier alpha value is -1.59. The lowest BCUT2D eigenvalue weighted by molar-refractivity contribution is -0.132. The lowest BCUT2D eigenvalue weighted by Gasteiger charge is -2.13. The third-order valence-corrected chi connectivity index (χ3v) is 2.12. The second-order valence-corrected chi connectivity index (χ2v) is 3.35. The zero-order chi connectivity index (χ0) is 12.1. The van der Waals surface area contributed by atoms with E-state index in [2.05, 4.69) is 0 Å². The van der Waals surface area contributed by atoms with Crippen molar-refractivity contribution < 1.29 is 14.3 Å². The summed E-state index contributed by atoms with van der Waals surface area (Å²) in [5.41, 5.74) is 12.0. The van der Waals surface area contributed by atoms with Gasteiger partial charge in [0.05, 0.1) is 7.11 Å². The molecule has 0 saturated carbocycles. The van der Waals surface area contributed by atoms with Crippen molar-refractivity contribution in [3.8, 4) is 11.5 Å². The number of hydrogen-bond donors (Lipinski definition) is 2. The molecule has 0 aromatic heterocycles. The molecule has 0 aliphatic carbocycles. The first kappa shape index (κ1) is 12.5. The van der Waals surface area contributed by atoms with Crippen LogP contribution in [0.1, 0.15) is 18.5 Å². The van der Waals surface area contributed by atoms with Crippen molar-refractivity contribution in [2.24, 2.45) is 11.5 Å². The van der Waals surface area contributed by atoms with Gasteiger partial charge >= 0.3 is 5.97 Å². The van der Waals surface area contributed by atoms with Crippen LogP contribution >= 0.6 is 0 Å². The number of rotatable bonds is 4. The van der Waals surface area contributed by atoms with Crippen molar-refractivity contribution in [3.63, 3.8) is 0 Å². The fourth-order valence-electron chi connectivity index (χ4n) is 1.29. The molecule has 16 heavy (non-hydrogen) atoms. The minimum absolute atomic E-state index is 0.278. The Morgan fingerprint density at radius 2 is 2.12 bits per heavy atom. The van der Waals surface area contributed by atoms with Gasteiger partial charge in [-0.05, 0) is 17.7 Å². The van der Waals surface area contributed by atoms with E-state index in [0.29, 0.717) is 18.0 Å². The molecule has 0 spiro atoms. The van der Waals surface area contributed by atoms with Gasteiger partial charge < -0.3 is 20.9 Å². The van der Waals surface area contributed by atoms with Crippen molar-refractivity contribution >= 4 is 5.97 Å². The first-order valence-corrected chi connectivity index (χ1v) is 4.90. The Bertz CT molecular complexity index is 379. The summed E-state index contributed by atoms with van der Waals surface area (Å²) in [5, 5.41) is 0. The highest BCUT2D eigenvalue weighted by Gasteiger charge is 2.11. The third kappa shape index (κ3) is 2.95. The van der Waals surface area contributed by atoms with Gasteiger partial charge in [-0.3, -0.25) is 4.79 Å². The number of nitrogens with two attached hydrogens (primary N) is 2. The van der Waals surface area contributed by atoms with Crippen LogP contribution in [0.4, 0.5) is 0 Å². The molecule has 5 nitrogen and oxygen atoms in total. The van der Waals surface area contributed by atoms with Crippen LogP contribution in [0, 0.1) is 0 Å². The van der Waals surface area contributed by atoms with E-state index in [1.807, 2.05) is 0 Å². The molecule has 0 unspecified atom stereocenters. The molecule has 0 heterocycles. The fourth-order valence-corrected chi connectivity index (χ4v) is 1.29. The normalized spacial score (nSPS) is 12.0. The third-order valence-electron chi connectivity index (χ3n) is 2.12. The average molecular weight is 224 g/mol. The molecule has 1 aromatic rings. The van der Waals surface area contributed by atoms with Crippen molar-refractivity contribution in [2.45, 2.75) is 13.0 Å². The van der Waals surface area contributed by atoms with E-state index in [1.54, 1.807) is 18.2 Å². The molecular formula is C11H16N2O3. The van der Waals surface area contributed by atoms with Gasteiger partial charge in [0, 0.05) is 19.5 Å². The summed E-state index contributed by atoms with van der Waals surface area (Å²) in [4.78, 5) is 10.9. The van der Waals surface area contributed by atoms with Gasteiger partial charge in [0.2, 0.25) is 0 Å². The highest BCUT2D eigenvalue weighted by atomic mass is 16.6. The predicted octanol–water partition coefficient (Wildman–Crippen LogP) is 0.579. The average Bonchev–Trinajstić information content (AvgIpc) is 2.27. The smallest absolute Gasteiger partial charge is 0.308 e. The molecule has 0 bridgehead atoms. The Morgan fingerprint density at radius 3 is 2.62 bits per heavy atom. The number of hydrogen-bond acceptors (Lipinski definition) is 5. The first-order chi connectivity index (χ1) is 7.58. The van der Waals surface area contributed by atoms with Gasteiger partial charge in [-0.2, -0.15) is 0 Å². The molecule has 5 heteroatoms. The summed E-state index contributed by atoms with van der Waals surface area (Å²) < 4.78 is 10.1. The number of benzene rings is 1. The molecule has 0 radical (unpaired) electrons. The minimum Gasteiger partial charge on any atom is -0.493 e. The highest BCUT2D eigenvalue weighted by Crippen LogP contribution is 2.29. The Kier molecular flexibility index (Phi) is 4.28. The molecule has 0 fully saturated rings. The van der Waals surface area contributed by atoms with Gasteiger partial charge in [-0.25, -0.2) is 0 Å². The zero-order valence-corrected chi connectivity index (χ0v) is 9.40. The lowest BCUT2D eigenvalue weighted by atomic mass is 10.1. The summed E-state index contributed by atoms with van der Waals surface area (Å²) in [6.45, 7) is 1.65. The maximum Gasteiger partial charge on any atom is 0.308 e. The molecule has 4 N–H and O–H groups in total. The molecule has 0 amide bonds. The number of carbonyl (C=O) groups excluding carboxylic acids is 1. The second-order valence-electron chi connectivity index (χ2n) is 3.35. The second kappa shape index (κ2) is 5.48. The van der Waals surface area contributed by atoms with Crippen molar-refractivity contribution in [2.75, 3.05) is 13.7 Å². The summed E-state index contributed by atoms with van der Waals surface area (Å²) in [6, 6.07) is 4.88. The summed E-state index contributed by atoms with van der Waals surface area (Å²) in [7, 11) is 1.50. The Balaban J connectivity index is 3.05. The van der Waals surface area contributed by atoms with Gasteiger partial charge in [0.15, 0.2) is 11.5 Å². The van der Waals surface area contributed by atoms with Crippen molar-refractivity contribution in [1.29, 1.82) is 0 Å². The predicted molar refractivity (Wildman–Crippen MR) is 60.3 cm³/mol. The largest absolute Gasteiger partial charge is 0.493 e. The van der Waals surface area contributed by atoms with E-state index >= 15 is 0 Å². The SMILES string of the molecule is COc1ccc([C@H](N)CN)cc1OC(C)=O. The standard InChI is InChI=1S/C11H16N2O3/c1-7(14)16-11-5-8(9(13)6-12)3-4-10(11)15-2/h3-5,9H,6,12-13H2,1-2H3/t9-/m1/s1. The monoisotopic (exact) mass is 224 g/mol. The Morgan fingerprint density at radius 1 is 1.44 bits per heavy atom. The van der Waals surface area contributed by atoms with Crippen LogP contribution in [0.15, 0.2) is 18.2 Å². The van der Waals surface area contributed by atoms with E-state index in [1.165, 1.54) is 14.0 Å². The molecule has 1 aromatic carbocycles. The summed E-state index contributed by atoms with van der Waals surface area (Å²) in [5.74, 6) is 0.441. The minimum atomic E-state index is -0.406. The lowest BCUT2D eigenvalue weighted by Crippen LogP contribution is -2.20. The highest BCUT2D eigenvalue weighted by molar-refractivity contribution is 5.70. The van der Waals surface area contributed by atoms with E-state index in [-0.39, 0.29) is 6.04 Å². The van der Waals surface area contributed by atoms with Gasteiger partial charge in [-0.1, -0.05) is 6.07 Å². The number of carbonyl (C=O) groups is 1. The van der Waals surface area contributed by atoms with Gasteiger partial charge in [0.25, 0.3) is 0 Å². The Labute approximate surface area is 94.3 Å². The molecule has 88 valence electrons. The van der Waals surface area contributed by atoms with Crippen LogP contribution in [0.3, 0.4) is 0 Å². The topological polar surface area (TPSA) is 87.6 Å². The van der Waals surface area contributed by atoms with E-state index < -0.39 is 5.97 Å². The fraction of sp³-hybridized carbons (Fsp3) is 0.364. The van der Waals surface area contributed by atoms with Crippen LogP contribution in [-0.4, -0.2) is 19.6 Å². The van der Waals surface area contributed by atoms with Crippen LogP contribution in [0.5, 0.6) is 11.5 Å². The first-order valence-electron chi connectivity index (χ1n) is 4.90. The zero-order valence-electron chi connectivity index (χ0n) is 9.40. The van der Waals surface area contributed by atoms with Crippen molar-refractivity contribution in [3.05, 3.63) is 23.8 Å². The van der Waals surface area contributed by atoms with Crippen LogP contribution in [0.25, 0.3) is 0 Å². The number of ether oxygens (including phenoxy) is 2. The molecular weight excluding hydrogens is 208 g/mol. The van der Waals surface area contributed by atoms with Crippen molar-refractivity contribution in [1.82, 2.24) is 0 Å².